The maximum atomic E-state index is 6.39. The van der Waals surface area contributed by atoms with Crippen LogP contribution in [-0.2, 0) is 0 Å². The van der Waals surface area contributed by atoms with Crippen molar-refractivity contribution in [1.29, 1.82) is 0 Å². The van der Waals surface area contributed by atoms with Gasteiger partial charge in [-0.15, -0.1) is 0 Å². The summed E-state index contributed by atoms with van der Waals surface area (Å²) in [7, 11) is 6.20. The van der Waals surface area contributed by atoms with Crippen LogP contribution in [0.25, 0.3) is 0 Å². The molecule has 1 N–H and O–H groups in total. The average molecular weight is 287 g/mol. The number of halogens is 1. The maximum Gasteiger partial charge on any atom is 0.0835 e. The van der Waals surface area contributed by atoms with Crippen molar-refractivity contribution in [1.82, 2.24) is 20.0 Å². The van der Waals surface area contributed by atoms with Gasteiger partial charge in [-0.25, -0.2) is 0 Å². The van der Waals surface area contributed by atoms with Crippen molar-refractivity contribution in [3.05, 3.63) is 16.9 Å². The van der Waals surface area contributed by atoms with Crippen molar-refractivity contribution >= 4 is 11.6 Å². The highest BCUT2D eigenvalue weighted by Crippen LogP contribution is 2.36. The zero-order valence-electron chi connectivity index (χ0n) is 13.2. The van der Waals surface area contributed by atoms with E-state index in [1.165, 1.54) is 0 Å². The van der Waals surface area contributed by atoms with Gasteiger partial charge in [0, 0.05) is 11.6 Å². The Hall–Kier alpha value is -0.580. The van der Waals surface area contributed by atoms with Crippen molar-refractivity contribution in [3.8, 4) is 0 Å². The number of rotatable bonds is 6. The minimum absolute atomic E-state index is 0.0228. The smallest absolute Gasteiger partial charge is 0.0835 e. The normalized spacial score (nSPS) is 16.9. The van der Waals surface area contributed by atoms with Crippen molar-refractivity contribution in [2.24, 2.45) is 0 Å². The Bertz CT molecular complexity index is 414. The van der Waals surface area contributed by atoms with E-state index in [4.69, 9.17) is 11.6 Å². The van der Waals surface area contributed by atoms with E-state index in [9.17, 15) is 0 Å². The van der Waals surface area contributed by atoms with Gasteiger partial charge < -0.3 is 10.2 Å². The molecule has 0 saturated heterocycles. The molecule has 0 aliphatic heterocycles. The first-order chi connectivity index (χ1) is 8.79. The maximum absolute atomic E-state index is 6.39. The lowest BCUT2D eigenvalue weighted by Crippen LogP contribution is -2.51. The van der Waals surface area contributed by atoms with Gasteiger partial charge >= 0.3 is 0 Å². The zero-order valence-corrected chi connectivity index (χ0v) is 13.9. The predicted molar refractivity (Wildman–Crippen MR) is 81.8 cm³/mol. The molecule has 19 heavy (non-hydrogen) atoms. The summed E-state index contributed by atoms with van der Waals surface area (Å²) in [4.78, 5) is 2.25. The molecular formula is C14H27ClN4. The van der Waals surface area contributed by atoms with Crippen molar-refractivity contribution in [2.75, 3.05) is 21.1 Å². The van der Waals surface area contributed by atoms with Crippen LogP contribution in [0.4, 0.5) is 0 Å². The molecule has 0 radical (unpaired) electrons. The van der Waals surface area contributed by atoms with Gasteiger partial charge in [0.15, 0.2) is 0 Å². The lowest BCUT2D eigenvalue weighted by atomic mass is 9.85. The van der Waals surface area contributed by atoms with Gasteiger partial charge in [-0.3, -0.25) is 4.68 Å². The first-order valence-corrected chi connectivity index (χ1v) is 7.25. The molecule has 0 amide bonds. The molecule has 1 heterocycles. The summed E-state index contributed by atoms with van der Waals surface area (Å²) < 4.78 is 2.01. The molecule has 110 valence electrons. The highest BCUT2D eigenvalue weighted by atomic mass is 35.5. The van der Waals surface area contributed by atoms with Gasteiger partial charge in [-0.1, -0.05) is 18.5 Å². The van der Waals surface area contributed by atoms with E-state index in [-0.39, 0.29) is 11.6 Å². The summed E-state index contributed by atoms with van der Waals surface area (Å²) in [6, 6.07) is 0.423. The van der Waals surface area contributed by atoms with Crippen LogP contribution in [0.3, 0.4) is 0 Å². The standard InChI is InChI=1S/C14H27ClN4/c1-8-14(4,18(6)7)13(16-5)12-11(15)9-17-19(12)10(2)3/h9-10,13,16H,8H2,1-7H3. The Labute approximate surface area is 122 Å². The second-order valence-electron chi connectivity index (χ2n) is 5.74. The molecule has 0 saturated carbocycles. The number of aromatic nitrogens is 2. The molecule has 1 aromatic heterocycles. The van der Waals surface area contributed by atoms with Crippen LogP contribution >= 0.6 is 11.6 Å². The van der Waals surface area contributed by atoms with Crippen molar-refractivity contribution in [2.45, 2.75) is 51.7 Å². The molecule has 0 bridgehead atoms. The Balaban J connectivity index is 3.35. The Morgan fingerprint density at radius 1 is 1.47 bits per heavy atom. The van der Waals surface area contributed by atoms with Gasteiger partial charge in [0.1, 0.15) is 0 Å². The molecule has 1 rings (SSSR count). The lowest BCUT2D eigenvalue weighted by molar-refractivity contribution is 0.111. The summed E-state index contributed by atoms with van der Waals surface area (Å²) >= 11 is 6.39. The van der Waals surface area contributed by atoms with Crippen LogP contribution in [-0.4, -0.2) is 41.4 Å². The first-order valence-electron chi connectivity index (χ1n) is 6.87. The van der Waals surface area contributed by atoms with Crippen LogP contribution in [0.1, 0.15) is 51.9 Å². The van der Waals surface area contributed by atoms with E-state index >= 15 is 0 Å². The highest BCUT2D eigenvalue weighted by Gasteiger charge is 2.38. The fraction of sp³-hybridized carbons (Fsp3) is 0.786. The Kier molecular flexibility index (Phi) is 5.42. The van der Waals surface area contributed by atoms with Gasteiger partial charge in [0.2, 0.25) is 0 Å². The molecule has 2 unspecified atom stereocenters. The molecule has 1 aromatic rings. The third-order valence-corrected chi connectivity index (χ3v) is 4.49. The Morgan fingerprint density at radius 2 is 2.05 bits per heavy atom. The van der Waals surface area contributed by atoms with E-state index in [1.54, 1.807) is 6.20 Å². The van der Waals surface area contributed by atoms with Crippen LogP contribution in [0.5, 0.6) is 0 Å². The van der Waals surface area contributed by atoms with E-state index in [0.29, 0.717) is 6.04 Å². The largest absolute Gasteiger partial charge is 0.310 e. The van der Waals surface area contributed by atoms with Gasteiger partial charge in [0.05, 0.1) is 23.0 Å². The first kappa shape index (κ1) is 16.5. The van der Waals surface area contributed by atoms with Crippen LogP contribution in [0, 0.1) is 0 Å². The van der Waals surface area contributed by atoms with Crippen molar-refractivity contribution < 1.29 is 0 Å². The highest BCUT2D eigenvalue weighted by molar-refractivity contribution is 6.31. The minimum atomic E-state index is -0.0228. The number of hydrogen-bond acceptors (Lipinski definition) is 3. The van der Waals surface area contributed by atoms with Crippen LogP contribution < -0.4 is 5.32 Å². The SMILES string of the molecule is CCC(C)(C(NC)c1c(Cl)cnn1C(C)C)N(C)C. The molecule has 5 heteroatoms. The monoisotopic (exact) mass is 286 g/mol. The molecule has 0 aromatic carbocycles. The average Bonchev–Trinajstić information content (AvgIpc) is 2.72. The van der Waals surface area contributed by atoms with E-state index in [0.717, 1.165) is 17.1 Å². The molecule has 2 atom stereocenters. The Morgan fingerprint density at radius 3 is 2.42 bits per heavy atom. The zero-order chi connectivity index (χ0) is 14.8. The summed E-state index contributed by atoms with van der Waals surface area (Å²) in [5, 5.41) is 8.57. The number of nitrogens with one attached hydrogen (secondary N) is 1. The van der Waals surface area contributed by atoms with E-state index in [1.807, 2.05) is 11.7 Å². The fourth-order valence-electron chi connectivity index (χ4n) is 2.55. The number of nitrogens with zero attached hydrogens (tertiary/aromatic N) is 3. The van der Waals surface area contributed by atoms with E-state index in [2.05, 4.69) is 57.1 Å². The van der Waals surface area contributed by atoms with Gasteiger partial charge in [0.25, 0.3) is 0 Å². The summed E-state index contributed by atoms with van der Waals surface area (Å²) in [5.41, 5.74) is 1.04. The van der Waals surface area contributed by atoms with E-state index < -0.39 is 0 Å². The second-order valence-corrected chi connectivity index (χ2v) is 6.15. The quantitative estimate of drug-likeness (QED) is 0.872. The second kappa shape index (κ2) is 6.25. The summed E-state index contributed by atoms with van der Waals surface area (Å²) in [5.74, 6) is 0. The van der Waals surface area contributed by atoms with Crippen LogP contribution in [0.15, 0.2) is 6.20 Å². The topological polar surface area (TPSA) is 33.1 Å². The van der Waals surface area contributed by atoms with Crippen LogP contribution in [0.2, 0.25) is 5.02 Å². The predicted octanol–water partition coefficient (Wildman–Crippen LogP) is 3.11. The van der Waals surface area contributed by atoms with Gasteiger partial charge in [-0.2, -0.15) is 5.10 Å². The molecule has 0 aliphatic rings. The molecule has 0 fully saturated rings. The van der Waals surface area contributed by atoms with Gasteiger partial charge in [-0.05, 0) is 48.3 Å². The molecule has 4 nitrogen and oxygen atoms in total. The van der Waals surface area contributed by atoms with Crippen molar-refractivity contribution in [3.63, 3.8) is 0 Å². The summed E-state index contributed by atoms with van der Waals surface area (Å²) in [6.45, 7) is 8.70. The molecule has 0 aliphatic carbocycles. The summed E-state index contributed by atoms with van der Waals surface area (Å²) in [6.07, 6.45) is 2.76. The number of likely N-dealkylation sites (N-methyl/N-ethyl adjacent to an activating group) is 2. The molecule has 0 spiro atoms. The number of hydrogen-bond donors (Lipinski definition) is 1. The lowest BCUT2D eigenvalue weighted by Gasteiger charge is -2.43. The third-order valence-electron chi connectivity index (χ3n) is 4.20. The minimum Gasteiger partial charge on any atom is -0.310 e. The molecular weight excluding hydrogens is 260 g/mol. The third kappa shape index (κ3) is 2.96. The fourth-order valence-corrected chi connectivity index (χ4v) is 2.79.